The molecular formula is C23H28N4O2S. The highest BCUT2D eigenvalue weighted by atomic mass is 32.2. The van der Waals surface area contributed by atoms with Gasteiger partial charge in [0, 0.05) is 36.5 Å². The number of benzene rings is 2. The number of aromatic nitrogens is 2. The molecule has 0 unspecified atom stereocenters. The molecule has 158 valence electrons. The quantitative estimate of drug-likeness (QED) is 0.566. The fourth-order valence-corrected chi connectivity index (χ4v) is 4.42. The fraction of sp³-hybridized carbons (Fsp3) is 0.391. The number of ether oxygens (including phenoxy) is 1. The van der Waals surface area contributed by atoms with E-state index in [4.69, 9.17) is 4.74 Å². The van der Waals surface area contributed by atoms with Crippen molar-refractivity contribution in [3.8, 4) is 0 Å². The molecule has 1 fully saturated rings. The van der Waals surface area contributed by atoms with Crippen LogP contribution in [0, 0.1) is 0 Å². The molecule has 2 N–H and O–H groups in total. The van der Waals surface area contributed by atoms with Gasteiger partial charge in [-0.05, 0) is 43.7 Å². The van der Waals surface area contributed by atoms with Gasteiger partial charge in [0.1, 0.15) is 0 Å². The minimum absolute atomic E-state index is 0.0344. The Morgan fingerprint density at radius 3 is 2.63 bits per heavy atom. The molecule has 30 heavy (non-hydrogen) atoms. The molecule has 0 radical (unpaired) electrons. The zero-order chi connectivity index (χ0) is 21.0. The van der Waals surface area contributed by atoms with E-state index in [0.717, 1.165) is 53.8 Å². The smallest absolute Gasteiger partial charge is 0.251 e. The van der Waals surface area contributed by atoms with Gasteiger partial charge in [-0.15, -0.1) is 0 Å². The van der Waals surface area contributed by atoms with E-state index >= 15 is 0 Å². The van der Waals surface area contributed by atoms with E-state index in [0.29, 0.717) is 12.1 Å². The number of thioether (sulfide) groups is 1. The number of amides is 1. The van der Waals surface area contributed by atoms with E-state index in [9.17, 15) is 4.79 Å². The van der Waals surface area contributed by atoms with Gasteiger partial charge in [0.05, 0.1) is 24.2 Å². The molecule has 7 heteroatoms. The zero-order valence-corrected chi connectivity index (χ0v) is 18.3. The van der Waals surface area contributed by atoms with E-state index < -0.39 is 0 Å². The van der Waals surface area contributed by atoms with E-state index in [1.165, 1.54) is 0 Å². The van der Waals surface area contributed by atoms with E-state index in [1.54, 1.807) is 11.8 Å². The third-order valence-corrected chi connectivity index (χ3v) is 6.45. The Morgan fingerprint density at radius 2 is 1.90 bits per heavy atom. The maximum absolute atomic E-state index is 12.6. The Labute approximate surface area is 181 Å². The molecule has 0 aliphatic carbocycles. The molecular weight excluding hydrogens is 396 g/mol. The summed E-state index contributed by atoms with van der Waals surface area (Å²) < 4.78 is 5.43. The molecule has 1 saturated heterocycles. The predicted octanol–water partition coefficient (Wildman–Crippen LogP) is 3.70. The molecule has 6 nitrogen and oxygen atoms in total. The van der Waals surface area contributed by atoms with Crippen LogP contribution in [0.4, 0.5) is 0 Å². The van der Waals surface area contributed by atoms with Crippen LogP contribution in [0.5, 0.6) is 0 Å². The Hall–Kier alpha value is -2.35. The number of imidazole rings is 1. The summed E-state index contributed by atoms with van der Waals surface area (Å²) in [5.74, 6) is 0.763. The lowest BCUT2D eigenvalue weighted by atomic mass is 10.0. The second-order valence-electron chi connectivity index (χ2n) is 8.14. The summed E-state index contributed by atoms with van der Waals surface area (Å²) in [5.41, 5.74) is 3.78. The first kappa shape index (κ1) is 20.9. The number of para-hydroxylation sites is 2. The molecule has 0 atom stereocenters. The van der Waals surface area contributed by atoms with Crippen LogP contribution in [-0.2, 0) is 10.5 Å². The van der Waals surface area contributed by atoms with Gasteiger partial charge in [0.2, 0.25) is 0 Å². The number of hydrogen-bond acceptors (Lipinski definition) is 5. The number of H-pyrrole nitrogens is 1. The first-order chi connectivity index (χ1) is 14.5. The van der Waals surface area contributed by atoms with Crippen LogP contribution in [0.3, 0.4) is 0 Å². The number of carbonyl (C=O) groups is 1. The molecule has 2 aromatic carbocycles. The second-order valence-corrected chi connectivity index (χ2v) is 9.10. The van der Waals surface area contributed by atoms with Gasteiger partial charge in [0.25, 0.3) is 5.91 Å². The molecule has 3 aromatic rings. The van der Waals surface area contributed by atoms with Gasteiger partial charge in [-0.3, -0.25) is 9.69 Å². The van der Waals surface area contributed by atoms with Gasteiger partial charge in [-0.25, -0.2) is 4.98 Å². The van der Waals surface area contributed by atoms with Gasteiger partial charge in [-0.1, -0.05) is 36.0 Å². The summed E-state index contributed by atoms with van der Waals surface area (Å²) in [4.78, 5) is 22.9. The molecule has 0 bridgehead atoms. The average molecular weight is 425 g/mol. The standard InChI is InChI=1S/C23H28N4O2S/c1-23(2,27-11-13-29-14-12-27)16-24-21(28)18-9-7-17(8-10-18)15-30-22-25-19-5-3-4-6-20(19)26-22/h3-10H,11-16H2,1-2H3,(H,24,28)(H,25,26). The van der Waals surface area contributed by atoms with Crippen LogP contribution in [-0.4, -0.2) is 59.2 Å². The highest BCUT2D eigenvalue weighted by molar-refractivity contribution is 7.98. The van der Waals surface area contributed by atoms with Crippen molar-refractivity contribution in [1.29, 1.82) is 0 Å². The highest BCUT2D eigenvalue weighted by Gasteiger charge is 2.28. The van der Waals surface area contributed by atoms with Crippen LogP contribution in [0.25, 0.3) is 11.0 Å². The largest absolute Gasteiger partial charge is 0.379 e. The normalized spacial score (nSPS) is 15.4. The van der Waals surface area contributed by atoms with Crippen molar-refractivity contribution in [2.24, 2.45) is 0 Å². The minimum Gasteiger partial charge on any atom is -0.379 e. The number of nitrogens with zero attached hydrogens (tertiary/aromatic N) is 2. The molecule has 0 saturated carbocycles. The van der Waals surface area contributed by atoms with Crippen molar-refractivity contribution in [3.63, 3.8) is 0 Å². The van der Waals surface area contributed by atoms with Gasteiger partial charge in [-0.2, -0.15) is 0 Å². The second kappa shape index (κ2) is 9.20. The van der Waals surface area contributed by atoms with Crippen LogP contribution in [0.2, 0.25) is 0 Å². The van der Waals surface area contributed by atoms with Crippen LogP contribution >= 0.6 is 11.8 Å². The Balaban J connectivity index is 1.29. The van der Waals surface area contributed by atoms with Crippen LogP contribution in [0.1, 0.15) is 29.8 Å². The van der Waals surface area contributed by atoms with Crippen molar-refractivity contribution in [1.82, 2.24) is 20.2 Å². The van der Waals surface area contributed by atoms with Gasteiger partial charge in [0.15, 0.2) is 5.16 Å². The van der Waals surface area contributed by atoms with Crippen molar-refractivity contribution in [2.75, 3.05) is 32.8 Å². The minimum atomic E-state index is -0.0946. The lowest BCUT2D eigenvalue weighted by Gasteiger charge is -2.40. The highest BCUT2D eigenvalue weighted by Crippen LogP contribution is 2.23. The third kappa shape index (κ3) is 5.03. The summed E-state index contributed by atoms with van der Waals surface area (Å²) in [5, 5.41) is 3.99. The monoisotopic (exact) mass is 424 g/mol. The number of carbonyl (C=O) groups excluding carboxylic acids is 1. The predicted molar refractivity (Wildman–Crippen MR) is 121 cm³/mol. The topological polar surface area (TPSA) is 70.2 Å². The van der Waals surface area contributed by atoms with E-state index in [1.807, 2.05) is 48.5 Å². The summed E-state index contributed by atoms with van der Waals surface area (Å²) in [6.45, 7) is 8.25. The SMILES string of the molecule is CC(C)(CNC(=O)c1ccc(CSc2nc3ccccc3[nH]2)cc1)N1CCOCC1. The number of nitrogens with one attached hydrogen (secondary N) is 2. The van der Waals surface area contributed by atoms with Gasteiger partial charge < -0.3 is 15.0 Å². The van der Waals surface area contributed by atoms with Crippen LogP contribution < -0.4 is 5.32 Å². The number of rotatable bonds is 7. The van der Waals surface area contributed by atoms with Crippen LogP contribution in [0.15, 0.2) is 53.7 Å². The first-order valence-electron chi connectivity index (χ1n) is 10.3. The van der Waals surface area contributed by atoms with Crippen molar-refractivity contribution < 1.29 is 9.53 Å². The number of morpholine rings is 1. The molecule has 4 rings (SSSR count). The molecule has 0 spiro atoms. The number of fused-ring (bicyclic) bond motifs is 1. The molecule has 1 aliphatic heterocycles. The maximum atomic E-state index is 12.6. The fourth-order valence-electron chi connectivity index (χ4n) is 3.58. The Bertz CT molecular complexity index is 961. The Morgan fingerprint density at radius 1 is 1.17 bits per heavy atom. The molecule has 1 amide bonds. The van der Waals surface area contributed by atoms with Crippen molar-refractivity contribution in [3.05, 3.63) is 59.7 Å². The number of hydrogen-bond donors (Lipinski definition) is 2. The zero-order valence-electron chi connectivity index (χ0n) is 17.5. The summed E-state index contributed by atoms with van der Waals surface area (Å²) in [7, 11) is 0. The molecule has 1 aliphatic rings. The Kier molecular flexibility index (Phi) is 6.41. The lowest BCUT2D eigenvalue weighted by molar-refractivity contribution is -0.00923. The molecule has 1 aromatic heterocycles. The van der Waals surface area contributed by atoms with E-state index in [2.05, 4.69) is 34.0 Å². The lowest BCUT2D eigenvalue weighted by Crippen LogP contribution is -2.55. The van der Waals surface area contributed by atoms with Gasteiger partial charge >= 0.3 is 0 Å². The van der Waals surface area contributed by atoms with Crippen molar-refractivity contribution >= 4 is 28.7 Å². The molecule has 2 heterocycles. The van der Waals surface area contributed by atoms with E-state index in [-0.39, 0.29) is 11.4 Å². The maximum Gasteiger partial charge on any atom is 0.251 e. The van der Waals surface area contributed by atoms with Crippen molar-refractivity contribution in [2.45, 2.75) is 30.3 Å². The number of aromatic amines is 1. The first-order valence-corrected chi connectivity index (χ1v) is 11.3. The third-order valence-electron chi connectivity index (χ3n) is 5.51. The summed E-state index contributed by atoms with van der Waals surface area (Å²) >= 11 is 1.66. The average Bonchev–Trinajstić information content (AvgIpc) is 3.20. The summed E-state index contributed by atoms with van der Waals surface area (Å²) in [6.07, 6.45) is 0. The summed E-state index contributed by atoms with van der Waals surface area (Å²) in [6, 6.07) is 15.8.